The number of carbonyl (C=O) groups is 2. The Morgan fingerprint density at radius 2 is 2.25 bits per heavy atom. The van der Waals surface area contributed by atoms with Crippen LogP contribution in [0.2, 0.25) is 0 Å². The van der Waals surface area contributed by atoms with Crippen LogP contribution >= 0.6 is 0 Å². The molecule has 0 aliphatic carbocycles. The lowest BCUT2D eigenvalue weighted by atomic mass is 10.0. The average Bonchev–Trinajstić information content (AvgIpc) is 2.73. The number of nitrogens with zero attached hydrogens (tertiary/aromatic N) is 1. The fraction of sp³-hybridized carbons (Fsp3) is 0.429. The van der Waals surface area contributed by atoms with E-state index in [1.165, 1.54) is 7.11 Å². The van der Waals surface area contributed by atoms with E-state index in [0.29, 0.717) is 6.42 Å². The topological polar surface area (TPSA) is 81.9 Å². The quantitative estimate of drug-likeness (QED) is 0.788. The Hall–Kier alpha value is -1.92. The number of esters is 1. The van der Waals surface area contributed by atoms with Crippen LogP contribution in [0.25, 0.3) is 0 Å². The summed E-state index contributed by atoms with van der Waals surface area (Å²) < 4.78 is 9.66. The van der Waals surface area contributed by atoms with Crippen molar-refractivity contribution < 1.29 is 19.1 Å². The van der Waals surface area contributed by atoms with E-state index >= 15 is 0 Å². The first-order chi connectivity index (χ1) is 9.52. The van der Waals surface area contributed by atoms with Crippen LogP contribution in [0.1, 0.15) is 17.2 Å². The predicted octanol–water partition coefficient (Wildman–Crippen LogP) is 0.395. The molecule has 1 aromatic carbocycles. The van der Waals surface area contributed by atoms with Crippen molar-refractivity contribution in [3.63, 3.8) is 0 Å². The van der Waals surface area contributed by atoms with E-state index in [9.17, 15) is 9.59 Å². The van der Waals surface area contributed by atoms with Gasteiger partial charge >= 0.3 is 5.97 Å². The van der Waals surface area contributed by atoms with Crippen molar-refractivity contribution in [3.8, 4) is 0 Å². The summed E-state index contributed by atoms with van der Waals surface area (Å²) >= 11 is 0. The van der Waals surface area contributed by atoms with Crippen molar-refractivity contribution in [1.29, 1.82) is 0 Å². The summed E-state index contributed by atoms with van der Waals surface area (Å²) in [5, 5.41) is 0. The van der Waals surface area contributed by atoms with Crippen molar-refractivity contribution in [3.05, 3.63) is 29.3 Å². The molecule has 0 bridgehead atoms. The molecular formula is C14H18N2O4. The number of fused-ring (bicyclic) bond motifs is 1. The molecule has 1 aliphatic heterocycles. The van der Waals surface area contributed by atoms with E-state index in [-0.39, 0.29) is 25.2 Å². The maximum Gasteiger partial charge on any atom is 0.331 e. The smallest absolute Gasteiger partial charge is 0.331 e. The van der Waals surface area contributed by atoms with Gasteiger partial charge in [-0.2, -0.15) is 0 Å². The molecule has 0 saturated heterocycles. The van der Waals surface area contributed by atoms with E-state index in [0.717, 1.165) is 16.8 Å². The lowest BCUT2D eigenvalue weighted by Crippen LogP contribution is -2.21. The number of ether oxygens (including phenoxy) is 2. The highest BCUT2D eigenvalue weighted by atomic mass is 16.6. The maximum atomic E-state index is 11.6. The molecule has 0 fully saturated rings. The molecule has 1 aliphatic rings. The molecule has 0 saturated carbocycles. The standard InChI is InChI=1S/C14H18N2O4/c1-16-12-4-3-9(5-10(12)6-13(16)17)11(15)7-20-8-14(18)19-2/h3-5,11H,6-8,15H2,1-2H3. The fourth-order valence-electron chi connectivity index (χ4n) is 2.15. The number of rotatable bonds is 5. The summed E-state index contributed by atoms with van der Waals surface area (Å²) in [6, 6.07) is 5.34. The van der Waals surface area contributed by atoms with Crippen molar-refractivity contribution in [2.45, 2.75) is 12.5 Å². The van der Waals surface area contributed by atoms with E-state index in [1.807, 2.05) is 18.2 Å². The largest absolute Gasteiger partial charge is 0.467 e. The van der Waals surface area contributed by atoms with Gasteiger partial charge in [0, 0.05) is 12.7 Å². The van der Waals surface area contributed by atoms with E-state index < -0.39 is 5.97 Å². The Labute approximate surface area is 117 Å². The Kier molecular flexibility index (Phi) is 4.36. The highest BCUT2D eigenvalue weighted by Crippen LogP contribution is 2.29. The Morgan fingerprint density at radius 1 is 1.50 bits per heavy atom. The molecule has 20 heavy (non-hydrogen) atoms. The first kappa shape index (κ1) is 14.5. The lowest BCUT2D eigenvalue weighted by Gasteiger charge is -2.14. The fourth-order valence-corrected chi connectivity index (χ4v) is 2.15. The number of methoxy groups -OCH3 is 1. The second kappa shape index (κ2) is 6.02. The molecular weight excluding hydrogens is 260 g/mol. The number of carbonyl (C=O) groups excluding carboxylic acids is 2. The minimum atomic E-state index is -0.432. The van der Waals surface area contributed by atoms with Gasteiger partial charge in [-0.05, 0) is 17.2 Å². The average molecular weight is 278 g/mol. The minimum Gasteiger partial charge on any atom is -0.467 e. The SMILES string of the molecule is COC(=O)COCC(N)c1ccc2c(c1)CC(=O)N2C. The van der Waals surface area contributed by atoms with Crippen molar-refractivity contribution in [2.24, 2.45) is 5.73 Å². The third kappa shape index (κ3) is 2.97. The zero-order valence-corrected chi connectivity index (χ0v) is 11.6. The summed E-state index contributed by atoms with van der Waals surface area (Å²) in [5.74, 6) is -0.356. The molecule has 1 unspecified atom stereocenters. The van der Waals surface area contributed by atoms with Gasteiger partial charge in [-0.1, -0.05) is 12.1 Å². The summed E-state index contributed by atoms with van der Waals surface area (Å²) in [5.41, 5.74) is 8.78. The zero-order chi connectivity index (χ0) is 14.7. The van der Waals surface area contributed by atoms with Crippen LogP contribution in [0.15, 0.2) is 18.2 Å². The molecule has 1 aromatic rings. The van der Waals surface area contributed by atoms with Gasteiger partial charge in [-0.3, -0.25) is 4.79 Å². The van der Waals surface area contributed by atoms with Gasteiger partial charge in [0.25, 0.3) is 0 Å². The van der Waals surface area contributed by atoms with Crippen LogP contribution in [0.4, 0.5) is 5.69 Å². The van der Waals surface area contributed by atoms with Crippen LogP contribution in [0, 0.1) is 0 Å². The highest BCUT2D eigenvalue weighted by molar-refractivity contribution is 6.00. The third-order valence-corrected chi connectivity index (χ3v) is 3.35. The highest BCUT2D eigenvalue weighted by Gasteiger charge is 2.24. The Morgan fingerprint density at radius 3 is 2.95 bits per heavy atom. The molecule has 1 amide bonds. The monoisotopic (exact) mass is 278 g/mol. The summed E-state index contributed by atoms with van der Waals surface area (Å²) in [6.45, 7) is 0.105. The number of anilines is 1. The summed E-state index contributed by atoms with van der Waals surface area (Å²) in [6.07, 6.45) is 0.398. The van der Waals surface area contributed by atoms with Gasteiger partial charge in [0.2, 0.25) is 5.91 Å². The number of hydrogen-bond donors (Lipinski definition) is 1. The molecule has 6 nitrogen and oxygen atoms in total. The number of hydrogen-bond acceptors (Lipinski definition) is 5. The molecule has 0 spiro atoms. The number of nitrogens with two attached hydrogens (primary N) is 1. The molecule has 1 atom stereocenters. The molecule has 108 valence electrons. The van der Waals surface area contributed by atoms with Crippen LogP contribution in [-0.4, -0.2) is 39.2 Å². The first-order valence-electron chi connectivity index (χ1n) is 6.32. The van der Waals surface area contributed by atoms with Gasteiger partial charge < -0.3 is 20.1 Å². The van der Waals surface area contributed by atoms with Gasteiger partial charge in [-0.25, -0.2) is 4.79 Å². The third-order valence-electron chi connectivity index (χ3n) is 3.35. The first-order valence-corrected chi connectivity index (χ1v) is 6.32. The van der Waals surface area contributed by atoms with Crippen LogP contribution < -0.4 is 10.6 Å². The minimum absolute atomic E-state index is 0.0765. The van der Waals surface area contributed by atoms with Gasteiger partial charge in [-0.15, -0.1) is 0 Å². The van der Waals surface area contributed by atoms with Gasteiger partial charge in [0.1, 0.15) is 6.61 Å². The number of benzene rings is 1. The summed E-state index contributed by atoms with van der Waals surface area (Å²) in [4.78, 5) is 24.2. The Bertz CT molecular complexity index is 530. The second-order valence-electron chi connectivity index (χ2n) is 4.72. The van der Waals surface area contributed by atoms with Gasteiger partial charge in [0.05, 0.1) is 26.2 Å². The van der Waals surface area contributed by atoms with Crippen molar-refractivity contribution in [1.82, 2.24) is 0 Å². The Balaban J connectivity index is 1.98. The van der Waals surface area contributed by atoms with Gasteiger partial charge in [0.15, 0.2) is 0 Å². The van der Waals surface area contributed by atoms with Crippen LogP contribution in [0.5, 0.6) is 0 Å². The van der Waals surface area contributed by atoms with Crippen molar-refractivity contribution >= 4 is 17.6 Å². The van der Waals surface area contributed by atoms with E-state index in [2.05, 4.69) is 4.74 Å². The summed E-state index contributed by atoms with van der Waals surface area (Å²) in [7, 11) is 3.06. The maximum absolute atomic E-state index is 11.6. The zero-order valence-electron chi connectivity index (χ0n) is 11.6. The van der Waals surface area contributed by atoms with Crippen LogP contribution in [-0.2, 0) is 25.5 Å². The molecule has 2 N–H and O–H groups in total. The van der Waals surface area contributed by atoms with Crippen molar-refractivity contribution in [2.75, 3.05) is 32.3 Å². The molecule has 2 rings (SSSR count). The predicted molar refractivity (Wildman–Crippen MR) is 73.3 cm³/mol. The molecule has 0 radical (unpaired) electrons. The molecule has 0 aromatic heterocycles. The van der Waals surface area contributed by atoms with E-state index in [4.69, 9.17) is 10.5 Å². The molecule has 1 heterocycles. The van der Waals surface area contributed by atoms with Crippen LogP contribution in [0.3, 0.4) is 0 Å². The molecule has 6 heteroatoms. The second-order valence-corrected chi connectivity index (χ2v) is 4.72. The number of amides is 1. The van der Waals surface area contributed by atoms with E-state index in [1.54, 1.807) is 11.9 Å². The normalized spacial score (nSPS) is 15.2. The lowest BCUT2D eigenvalue weighted by molar-refractivity contribution is -0.146. The number of likely N-dealkylation sites (N-methyl/N-ethyl adjacent to an activating group) is 1.